The Morgan fingerprint density at radius 1 is 1.21 bits per heavy atom. The van der Waals surface area contributed by atoms with Gasteiger partial charge in [0.2, 0.25) is 5.91 Å². The number of hydrogen-bond acceptors (Lipinski definition) is 5. The molecule has 0 saturated carbocycles. The third kappa shape index (κ3) is 3.42. The summed E-state index contributed by atoms with van der Waals surface area (Å²) in [6.07, 6.45) is 0.565. The molecule has 29 heavy (non-hydrogen) atoms. The SMILES string of the molecule is CC(=O)N1N=C(c2ccc(-n3nc(C)n(N)c3=O)cc2)CC1c1cccc(Cl)c1. The van der Waals surface area contributed by atoms with Crippen LogP contribution in [0.15, 0.2) is 58.4 Å². The van der Waals surface area contributed by atoms with Crippen molar-refractivity contribution in [2.45, 2.75) is 26.3 Å². The molecule has 8 nitrogen and oxygen atoms in total. The molecule has 1 aromatic heterocycles. The van der Waals surface area contributed by atoms with E-state index in [-0.39, 0.29) is 11.9 Å². The van der Waals surface area contributed by atoms with Crippen LogP contribution in [0, 0.1) is 6.92 Å². The molecule has 0 radical (unpaired) electrons. The lowest BCUT2D eigenvalue weighted by Gasteiger charge is -2.20. The fourth-order valence-corrected chi connectivity index (χ4v) is 3.59. The lowest BCUT2D eigenvalue weighted by molar-refractivity contribution is -0.130. The van der Waals surface area contributed by atoms with E-state index in [1.54, 1.807) is 25.1 Å². The zero-order valence-corrected chi connectivity index (χ0v) is 16.7. The average molecular weight is 411 g/mol. The lowest BCUT2D eigenvalue weighted by atomic mass is 9.98. The van der Waals surface area contributed by atoms with Gasteiger partial charge in [0.1, 0.15) is 0 Å². The van der Waals surface area contributed by atoms with E-state index in [4.69, 9.17) is 17.4 Å². The quantitative estimate of drug-likeness (QED) is 0.670. The van der Waals surface area contributed by atoms with Crippen molar-refractivity contribution in [2.24, 2.45) is 5.10 Å². The van der Waals surface area contributed by atoms with E-state index in [2.05, 4.69) is 10.2 Å². The Morgan fingerprint density at radius 2 is 1.93 bits per heavy atom. The molecule has 2 N–H and O–H groups in total. The molecule has 2 aromatic carbocycles. The topological polar surface area (TPSA) is 98.5 Å². The van der Waals surface area contributed by atoms with Crippen molar-refractivity contribution in [3.8, 4) is 5.69 Å². The Balaban J connectivity index is 1.64. The first kappa shape index (κ1) is 18.9. The second kappa shape index (κ2) is 7.21. The number of hydrazone groups is 1. The first-order chi connectivity index (χ1) is 13.8. The van der Waals surface area contributed by atoms with E-state index in [1.165, 1.54) is 16.6 Å². The molecule has 0 spiro atoms. The molecule has 0 fully saturated rings. The van der Waals surface area contributed by atoms with E-state index in [1.807, 2.05) is 30.3 Å². The molecular weight excluding hydrogens is 392 g/mol. The number of carbonyl (C=O) groups excluding carboxylic acids is 1. The monoisotopic (exact) mass is 410 g/mol. The summed E-state index contributed by atoms with van der Waals surface area (Å²) in [4.78, 5) is 24.3. The van der Waals surface area contributed by atoms with Crippen molar-refractivity contribution in [3.63, 3.8) is 0 Å². The molecule has 0 saturated heterocycles. The molecule has 4 rings (SSSR count). The van der Waals surface area contributed by atoms with Gasteiger partial charge in [0, 0.05) is 18.4 Å². The summed E-state index contributed by atoms with van der Waals surface area (Å²) < 4.78 is 2.24. The highest BCUT2D eigenvalue weighted by molar-refractivity contribution is 6.30. The molecule has 1 unspecified atom stereocenters. The molecular formula is C20H19ClN6O2. The number of rotatable bonds is 3. The number of aryl methyl sites for hydroxylation is 1. The first-order valence-electron chi connectivity index (χ1n) is 9.02. The minimum absolute atomic E-state index is 0.142. The van der Waals surface area contributed by atoms with Gasteiger partial charge in [-0.05, 0) is 42.3 Å². The number of aromatic nitrogens is 3. The van der Waals surface area contributed by atoms with Crippen LogP contribution in [0.25, 0.3) is 5.69 Å². The molecule has 148 valence electrons. The summed E-state index contributed by atoms with van der Waals surface area (Å²) in [6.45, 7) is 3.15. The normalized spacial score (nSPS) is 16.2. The van der Waals surface area contributed by atoms with Gasteiger partial charge < -0.3 is 5.84 Å². The predicted octanol–water partition coefficient (Wildman–Crippen LogP) is 2.41. The van der Waals surface area contributed by atoms with Gasteiger partial charge in [-0.3, -0.25) is 4.79 Å². The van der Waals surface area contributed by atoms with Gasteiger partial charge in [-0.1, -0.05) is 35.9 Å². The van der Waals surface area contributed by atoms with Crippen molar-refractivity contribution in [2.75, 3.05) is 5.84 Å². The van der Waals surface area contributed by atoms with Crippen molar-refractivity contribution < 1.29 is 4.79 Å². The van der Waals surface area contributed by atoms with Crippen LogP contribution in [0.3, 0.4) is 0 Å². The van der Waals surface area contributed by atoms with Crippen LogP contribution in [0.5, 0.6) is 0 Å². The number of hydrogen-bond donors (Lipinski definition) is 1. The summed E-state index contributed by atoms with van der Waals surface area (Å²) in [5, 5.41) is 10.8. The summed E-state index contributed by atoms with van der Waals surface area (Å²) in [7, 11) is 0. The number of amides is 1. The number of nitrogens with zero attached hydrogens (tertiary/aromatic N) is 5. The van der Waals surface area contributed by atoms with E-state index >= 15 is 0 Å². The fourth-order valence-electron chi connectivity index (χ4n) is 3.39. The summed E-state index contributed by atoms with van der Waals surface area (Å²) in [6, 6.07) is 14.5. The van der Waals surface area contributed by atoms with Gasteiger partial charge in [-0.15, -0.1) is 5.10 Å². The highest BCUT2D eigenvalue weighted by Crippen LogP contribution is 2.33. The summed E-state index contributed by atoms with van der Waals surface area (Å²) in [5.74, 6) is 5.92. The Morgan fingerprint density at radius 3 is 2.52 bits per heavy atom. The van der Waals surface area contributed by atoms with Gasteiger partial charge in [0.05, 0.1) is 17.4 Å². The molecule has 9 heteroatoms. The zero-order chi connectivity index (χ0) is 20.7. The summed E-state index contributed by atoms with van der Waals surface area (Å²) >= 11 is 6.12. The largest absolute Gasteiger partial charge is 0.369 e. The van der Waals surface area contributed by atoms with Crippen LogP contribution in [-0.4, -0.2) is 31.1 Å². The zero-order valence-electron chi connectivity index (χ0n) is 15.9. The van der Waals surface area contributed by atoms with Crippen LogP contribution >= 0.6 is 11.6 Å². The van der Waals surface area contributed by atoms with Crippen molar-refractivity contribution in [3.05, 3.63) is 81.0 Å². The highest BCUT2D eigenvalue weighted by Gasteiger charge is 2.31. The van der Waals surface area contributed by atoms with Gasteiger partial charge in [-0.25, -0.2) is 9.80 Å². The second-order valence-corrected chi connectivity index (χ2v) is 7.28. The molecule has 1 amide bonds. The maximum atomic E-state index is 12.1. The van der Waals surface area contributed by atoms with Gasteiger partial charge in [0.25, 0.3) is 0 Å². The van der Waals surface area contributed by atoms with Crippen molar-refractivity contribution in [1.82, 2.24) is 19.5 Å². The highest BCUT2D eigenvalue weighted by atomic mass is 35.5. The standard InChI is InChI=1S/C20H19ClN6O2/c1-12-23-27(20(29)25(12)22)17-8-6-14(7-9-17)18-11-19(26(24-18)13(2)28)15-4-3-5-16(21)10-15/h3-10,19H,11,22H2,1-2H3. The number of nitrogens with two attached hydrogens (primary N) is 1. The van der Waals surface area contributed by atoms with Crippen LogP contribution in [0.4, 0.5) is 0 Å². The first-order valence-corrected chi connectivity index (χ1v) is 9.40. The average Bonchev–Trinajstić information content (AvgIpc) is 3.26. The van der Waals surface area contributed by atoms with E-state index in [9.17, 15) is 9.59 Å². The van der Waals surface area contributed by atoms with E-state index in [0.29, 0.717) is 23.0 Å². The molecule has 1 aliphatic rings. The van der Waals surface area contributed by atoms with E-state index < -0.39 is 5.69 Å². The van der Waals surface area contributed by atoms with Gasteiger partial charge in [0.15, 0.2) is 5.82 Å². The number of nitrogen functional groups attached to an aromatic ring is 1. The third-order valence-electron chi connectivity index (χ3n) is 4.89. The van der Waals surface area contributed by atoms with Crippen molar-refractivity contribution >= 4 is 23.2 Å². The predicted molar refractivity (Wildman–Crippen MR) is 111 cm³/mol. The lowest BCUT2D eigenvalue weighted by Crippen LogP contribution is -2.29. The minimum Gasteiger partial charge on any atom is -0.333 e. The van der Waals surface area contributed by atoms with Crippen molar-refractivity contribution in [1.29, 1.82) is 0 Å². The maximum absolute atomic E-state index is 12.1. The van der Waals surface area contributed by atoms with Gasteiger partial charge in [-0.2, -0.15) is 14.5 Å². The van der Waals surface area contributed by atoms with Crippen LogP contribution in [-0.2, 0) is 4.79 Å². The Bertz CT molecular complexity index is 1180. The number of carbonyl (C=O) groups is 1. The molecule has 2 heterocycles. The molecule has 1 aliphatic heterocycles. The second-order valence-electron chi connectivity index (χ2n) is 6.84. The fraction of sp³-hybridized carbons (Fsp3) is 0.200. The van der Waals surface area contributed by atoms with E-state index in [0.717, 1.165) is 21.5 Å². The van der Waals surface area contributed by atoms with Crippen LogP contribution < -0.4 is 11.5 Å². The number of halogens is 1. The minimum atomic E-state index is -0.419. The Hall–Kier alpha value is -3.39. The van der Waals surface area contributed by atoms with Gasteiger partial charge >= 0.3 is 5.69 Å². The van der Waals surface area contributed by atoms with Crippen LogP contribution in [0.1, 0.15) is 36.3 Å². The molecule has 0 bridgehead atoms. The maximum Gasteiger partial charge on any atom is 0.369 e. The van der Waals surface area contributed by atoms with Crippen LogP contribution in [0.2, 0.25) is 5.02 Å². The molecule has 3 aromatic rings. The third-order valence-corrected chi connectivity index (χ3v) is 5.13. The smallest absolute Gasteiger partial charge is 0.333 e. The Kier molecular flexibility index (Phi) is 4.71. The molecule has 1 atom stereocenters. The summed E-state index contributed by atoms with van der Waals surface area (Å²) in [5.41, 5.74) is 2.75. The molecule has 0 aliphatic carbocycles. The Labute approximate surface area is 171 Å². The number of benzene rings is 2.